The number of hydrogen-bond acceptors (Lipinski definition) is 8. The fourth-order valence-electron chi connectivity index (χ4n) is 4.69. The number of amides is 1. The first-order valence-corrected chi connectivity index (χ1v) is 13.0. The highest BCUT2D eigenvalue weighted by Crippen LogP contribution is 2.38. The number of ether oxygens (including phenoxy) is 2. The number of likely N-dealkylation sites (tertiary alicyclic amines) is 1. The van der Waals surface area contributed by atoms with E-state index < -0.39 is 17.6 Å². The monoisotopic (exact) mass is 576 g/mol. The van der Waals surface area contributed by atoms with Gasteiger partial charge in [0, 0.05) is 36.9 Å². The first-order valence-electron chi connectivity index (χ1n) is 12.7. The quantitative estimate of drug-likeness (QED) is 0.400. The fourth-order valence-corrected chi connectivity index (χ4v) is 4.85. The number of carbonyl (C=O) groups excluding carboxylic acids is 1. The number of likely N-dealkylation sites (N-methyl/N-ethyl adjacent to an activating group) is 1. The molecule has 13 heteroatoms. The normalized spacial score (nSPS) is 17.2. The second kappa shape index (κ2) is 11.5. The highest BCUT2D eigenvalue weighted by atomic mass is 35.5. The Morgan fingerprint density at radius 3 is 2.83 bits per heavy atom. The summed E-state index contributed by atoms with van der Waals surface area (Å²) in [5.74, 6) is 0.387. The molecule has 2 aromatic carbocycles. The molecule has 9 nitrogen and oxygen atoms in total. The molecule has 0 saturated carbocycles. The van der Waals surface area contributed by atoms with E-state index in [0.717, 1.165) is 31.6 Å². The van der Waals surface area contributed by atoms with Crippen molar-refractivity contribution < 1.29 is 27.4 Å². The molecular weight excluding hydrogens is 549 g/mol. The lowest BCUT2D eigenvalue weighted by molar-refractivity contribution is -0.137. The molecule has 1 saturated heterocycles. The number of fused-ring (bicyclic) bond motifs is 1. The third-order valence-electron chi connectivity index (χ3n) is 6.77. The average Bonchev–Trinajstić information content (AvgIpc) is 3.38. The minimum Gasteiger partial charge on any atom is -0.483 e. The Hall–Kier alpha value is -3.61. The molecule has 3 heterocycles. The van der Waals surface area contributed by atoms with Gasteiger partial charge in [0.05, 0.1) is 17.1 Å². The number of rotatable bonds is 7. The van der Waals surface area contributed by atoms with Crippen molar-refractivity contribution in [2.45, 2.75) is 25.2 Å². The summed E-state index contributed by atoms with van der Waals surface area (Å²) in [6, 6.07) is 8.29. The molecule has 0 bridgehead atoms. The molecule has 5 rings (SSSR count). The van der Waals surface area contributed by atoms with Crippen LogP contribution < -0.4 is 20.1 Å². The Bertz CT molecular complexity index is 1400. The Kier molecular flexibility index (Phi) is 8.02. The van der Waals surface area contributed by atoms with Gasteiger partial charge in [0.1, 0.15) is 18.7 Å². The predicted molar refractivity (Wildman–Crippen MR) is 144 cm³/mol. The van der Waals surface area contributed by atoms with Crippen LogP contribution in [0.1, 0.15) is 27.9 Å². The van der Waals surface area contributed by atoms with Crippen LogP contribution in [0.3, 0.4) is 0 Å². The van der Waals surface area contributed by atoms with Crippen molar-refractivity contribution in [3.8, 4) is 17.4 Å². The molecule has 1 aromatic heterocycles. The number of benzene rings is 2. The minimum absolute atomic E-state index is 0.0416. The van der Waals surface area contributed by atoms with Gasteiger partial charge in [0.15, 0.2) is 5.82 Å². The van der Waals surface area contributed by atoms with Gasteiger partial charge >= 0.3 is 6.18 Å². The zero-order chi connectivity index (χ0) is 28.4. The van der Waals surface area contributed by atoms with Gasteiger partial charge in [-0.05, 0) is 62.5 Å². The van der Waals surface area contributed by atoms with Crippen LogP contribution in [0.15, 0.2) is 42.7 Å². The second-order valence-corrected chi connectivity index (χ2v) is 10.3. The number of alkyl halides is 3. The summed E-state index contributed by atoms with van der Waals surface area (Å²) in [4.78, 5) is 25.6. The maximum atomic E-state index is 13.7. The molecule has 0 unspecified atom stereocenters. The summed E-state index contributed by atoms with van der Waals surface area (Å²) in [6.45, 7) is 2.85. The van der Waals surface area contributed by atoms with Crippen LogP contribution in [-0.2, 0) is 12.7 Å². The van der Waals surface area contributed by atoms with Gasteiger partial charge in [-0.15, -0.1) is 0 Å². The molecule has 2 N–H and O–H groups in total. The summed E-state index contributed by atoms with van der Waals surface area (Å²) in [6.07, 6.45) is -2.33. The highest BCUT2D eigenvalue weighted by molar-refractivity contribution is 6.32. The molecule has 3 aromatic rings. The number of nitrogens with one attached hydrogen (secondary N) is 2. The van der Waals surface area contributed by atoms with Gasteiger partial charge in [-0.2, -0.15) is 18.2 Å². The fraction of sp³-hybridized carbons (Fsp3) is 0.370. The van der Waals surface area contributed by atoms with E-state index >= 15 is 0 Å². The predicted octanol–water partition coefficient (Wildman–Crippen LogP) is 5.13. The van der Waals surface area contributed by atoms with Crippen LogP contribution in [0, 0.1) is 0 Å². The third kappa shape index (κ3) is 6.40. The van der Waals surface area contributed by atoms with Crippen molar-refractivity contribution in [3.05, 3.63) is 64.4 Å². The molecule has 2 aliphatic heterocycles. The molecule has 1 atom stereocenters. The first-order chi connectivity index (χ1) is 19.1. The molecular formula is C27H28ClF3N6O3. The molecule has 0 radical (unpaired) electrons. The number of anilines is 2. The number of carbonyl (C=O) groups is 1. The van der Waals surface area contributed by atoms with Crippen molar-refractivity contribution >= 4 is 29.0 Å². The Morgan fingerprint density at radius 1 is 1.25 bits per heavy atom. The number of aromatic nitrogens is 2. The largest absolute Gasteiger partial charge is 0.483 e. The standard InChI is InChI=1S/C27H28ClF3N6O3/c1-36(2)20-5-7-37(14-20)13-16-9-18(27(29,30)31)12-19(10-16)35-25(38)17-3-4-21(28)22(11-17)40-26-23-24(33-15-34-26)32-6-8-39-23/h3-4,9-12,15,20H,5-8,13-14H2,1-2H3,(H,35,38)(H,32,33,34)/t20-/m0/s1. The Morgan fingerprint density at radius 2 is 2.08 bits per heavy atom. The van der Waals surface area contributed by atoms with E-state index in [4.69, 9.17) is 21.1 Å². The molecule has 2 aliphatic rings. The average molecular weight is 577 g/mol. The number of hydrogen-bond donors (Lipinski definition) is 2. The maximum absolute atomic E-state index is 13.7. The van der Waals surface area contributed by atoms with E-state index in [9.17, 15) is 18.0 Å². The lowest BCUT2D eigenvalue weighted by Gasteiger charge is -2.21. The lowest BCUT2D eigenvalue weighted by atomic mass is 10.1. The van der Waals surface area contributed by atoms with Crippen LogP contribution in [-0.4, -0.2) is 72.1 Å². The molecule has 0 spiro atoms. The first kappa shape index (κ1) is 27.9. The van der Waals surface area contributed by atoms with Crippen LogP contribution in [0.25, 0.3) is 0 Å². The van der Waals surface area contributed by atoms with Gasteiger partial charge in [-0.25, -0.2) is 4.98 Å². The zero-order valence-electron chi connectivity index (χ0n) is 21.9. The minimum atomic E-state index is -4.57. The van der Waals surface area contributed by atoms with E-state index in [1.807, 2.05) is 14.1 Å². The molecule has 1 amide bonds. The van der Waals surface area contributed by atoms with Crippen molar-refractivity contribution in [2.75, 3.05) is 51.0 Å². The van der Waals surface area contributed by atoms with E-state index in [0.29, 0.717) is 42.9 Å². The van der Waals surface area contributed by atoms with Gasteiger partial charge in [-0.1, -0.05) is 11.6 Å². The molecule has 1 fully saturated rings. The Balaban J connectivity index is 1.36. The van der Waals surface area contributed by atoms with Crippen LogP contribution in [0.2, 0.25) is 5.02 Å². The summed E-state index contributed by atoms with van der Waals surface area (Å²) < 4.78 is 52.6. The SMILES string of the molecule is CN(C)[C@H]1CCN(Cc2cc(NC(=O)c3ccc(Cl)c(Oc4ncnc5c4OCCN5)c3)cc(C(F)(F)F)c2)C1. The lowest BCUT2D eigenvalue weighted by Crippen LogP contribution is -2.31. The van der Waals surface area contributed by atoms with E-state index in [2.05, 4.69) is 30.4 Å². The van der Waals surface area contributed by atoms with Crippen molar-refractivity contribution in [2.24, 2.45) is 0 Å². The maximum Gasteiger partial charge on any atom is 0.416 e. The van der Waals surface area contributed by atoms with Crippen molar-refractivity contribution in [3.63, 3.8) is 0 Å². The molecule has 212 valence electrons. The van der Waals surface area contributed by atoms with Crippen LogP contribution >= 0.6 is 11.6 Å². The smallest absolute Gasteiger partial charge is 0.416 e. The van der Waals surface area contributed by atoms with Crippen molar-refractivity contribution in [1.82, 2.24) is 19.8 Å². The number of halogens is 4. The third-order valence-corrected chi connectivity index (χ3v) is 7.09. The Labute approximate surface area is 234 Å². The van der Waals surface area contributed by atoms with Crippen LogP contribution in [0.5, 0.6) is 17.4 Å². The summed E-state index contributed by atoms with van der Waals surface area (Å²) >= 11 is 6.31. The number of nitrogens with zero attached hydrogens (tertiary/aromatic N) is 4. The summed E-state index contributed by atoms with van der Waals surface area (Å²) in [5, 5.41) is 5.87. The molecule has 40 heavy (non-hydrogen) atoms. The highest BCUT2D eigenvalue weighted by Gasteiger charge is 2.32. The zero-order valence-corrected chi connectivity index (χ0v) is 22.6. The summed E-state index contributed by atoms with van der Waals surface area (Å²) in [5.41, 5.74) is -0.189. The molecule has 0 aliphatic carbocycles. The second-order valence-electron chi connectivity index (χ2n) is 9.89. The summed E-state index contributed by atoms with van der Waals surface area (Å²) in [7, 11) is 3.98. The van der Waals surface area contributed by atoms with E-state index in [-0.39, 0.29) is 27.9 Å². The van der Waals surface area contributed by atoms with E-state index in [1.54, 1.807) is 6.07 Å². The topological polar surface area (TPSA) is 91.9 Å². The van der Waals surface area contributed by atoms with Gasteiger partial charge < -0.3 is 25.0 Å². The van der Waals surface area contributed by atoms with Crippen LogP contribution in [0.4, 0.5) is 24.7 Å². The van der Waals surface area contributed by atoms with E-state index in [1.165, 1.54) is 24.5 Å². The van der Waals surface area contributed by atoms with Gasteiger partial charge in [0.25, 0.3) is 11.8 Å². The van der Waals surface area contributed by atoms with Crippen molar-refractivity contribution in [1.29, 1.82) is 0 Å². The van der Waals surface area contributed by atoms with Gasteiger partial charge in [-0.3, -0.25) is 9.69 Å². The van der Waals surface area contributed by atoms with Gasteiger partial charge in [0.2, 0.25) is 5.75 Å².